The lowest BCUT2D eigenvalue weighted by atomic mass is 10.0. The summed E-state index contributed by atoms with van der Waals surface area (Å²) in [6.07, 6.45) is 6.12. The Morgan fingerprint density at radius 1 is 1.37 bits per heavy atom. The molecule has 0 bridgehead atoms. The Hall–Kier alpha value is -1.13. The minimum Gasteiger partial charge on any atom is -0.380 e. The lowest BCUT2D eigenvalue weighted by Crippen LogP contribution is -2.46. The highest BCUT2D eigenvalue weighted by atomic mass is 16.5. The van der Waals surface area contributed by atoms with Crippen molar-refractivity contribution in [2.45, 2.75) is 38.8 Å². The number of pyridine rings is 1. The van der Waals surface area contributed by atoms with Crippen molar-refractivity contribution in [2.75, 3.05) is 31.2 Å². The molecule has 0 spiro atoms. The van der Waals surface area contributed by atoms with Crippen LogP contribution in [0.2, 0.25) is 0 Å². The van der Waals surface area contributed by atoms with Gasteiger partial charge >= 0.3 is 0 Å². The first-order valence-electron chi connectivity index (χ1n) is 7.28. The van der Waals surface area contributed by atoms with Crippen molar-refractivity contribution < 1.29 is 4.74 Å². The molecule has 4 nitrogen and oxygen atoms in total. The molecule has 1 aromatic heterocycles. The summed E-state index contributed by atoms with van der Waals surface area (Å²) in [5, 5.41) is 3.66. The molecule has 0 amide bonds. The van der Waals surface area contributed by atoms with Crippen LogP contribution in [0.15, 0.2) is 24.5 Å². The van der Waals surface area contributed by atoms with Crippen LogP contribution in [-0.2, 0) is 4.74 Å². The van der Waals surface area contributed by atoms with Gasteiger partial charge in [-0.3, -0.25) is 4.98 Å². The average Bonchev–Trinajstić information content (AvgIpc) is 2.47. The van der Waals surface area contributed by atoms with Crippen molar-refractivity contribution in [3.05, 3.63) is 24.5 Å². The minimum atomic E-state index is 0.442. The Balaban J connectivity index is 1.73. The summed E-state index contributed by atoms with van der Waals surface area (Å²) in [6, 6.07) is 5.24. The molecule has 0 saturated carbocycles. The summed E-state index contributed by atoms with van der Waals surface area (Å²) in [7, 11) is 0. The Kier molecular flexibility index (Phi) is 5.61. The van der Waals surface area contributed by atoms with Crippen LogP contribution in [0.4, 0.5) is 5.69 Å². The Morgan fingerprint density at radius 3 is 2.68 bits per heavy atom. The molecule has 1 aliphatic rings. The number of anilines is 1. The average molecular weight is 263 g/mol. The molecule has 1 aliphatic heterocycles. The third-order valence-corrected chi connectivity index (χ3v) is 3.62. The molecule has 1 aromatic rings. The van der Waals surface area contributed by atoms with Crippen molar-refractivity contribution >= 4 is 5.69 Å². The summed E-state index contributed by atoms with van der Waals surface area (Å²) in [5.74, 6) is 0. The molecule has 106 valence electrons. The van der Waals surface area contributed by atoms with E-state index in [1.807, 2.05) is 19.3 Å². The van der Waals surface area contributed by atoms with Gasteiger partial charge in [-0.15, -0.1) is 0 Å². The van der Waals surface area contributed by atoms with Crippen LogP contribution >= 0.6 is 0 Å². The van der Waals surface area contributed by atoms with E-state index in [0.717, 1.165) is 26.3 Å². The topological polar surface area (TPSA) is 37.4 Å². The first-order chi connectivity index (χ1) is 9.29. The van der Waals surface area contributed by atoms with Gasteiger partial charge in [0, 0.05) is 49.9 Å². The quantitative estimate of drug-likeness (QED) is 0.852. The van der Waals surface area contributed by atoms with E-state index >= 15 is 0 Å². The second-order valence-corrected chi connectivity index (χ2v) is 5.19. The number of rotatable bonds is 6. The molecule has 1 atom stereocenters. The normalized spacial score (nSPS) is 18.5. The largest absolute Gasteiger partial charge is 0.380 e. The van der Waals surface area contributed by atoms with Crippen LogP contribution < -0.4 is 10.2 Å². The molecule has 1 unspecified atom stereocenters. The molecule has 2 heterocycles. The summed E-state index contributed by atoms with van der Waals surface area (Å²) in [4.78, 5) is 6.51. The fourth-order valence-electron chi connectivity index (χ4n) is 2.60. The van der Waals surface area contributed by atoms with E-state index in [4.69, 9.17) is 4.74 Å². The fraction of sp³-hybridized carbons (Fsp3) is 0.667. The van der Waals surface area contributed by atoms with Crippen molar-refractivity contribution in [3.63, 3.8) is 0 Å². The predicted molar refractivity (Wildman–Crippen MR) is 78.6 cm³/mol. The van der Waals surface area contributed by atoms with Gasteiger partial charge in [0.2, 0.25) is 0 Å². The zero-order chi connectivity index (χ0) is 13.5. The number of piperidine rings is 1. The maximum Gasteiger partial charge on any atom is 0.0616 e. The van der Waals surface area contributed by atoms with Crippen LogP contribution in [0.1, 0.15) is 26.7 Å². The van der Waals surface area contributed by atoms with Gasteiger partial charge < -0.3 is 15.0 Å². The van der Waals surface area contributed by atoms with E-state index in [9.17, 15) is 0 Å². The molecular formula is C15H25N3O. The first kappa shape index (κ1) is 14.3. The number of nitrogens with one attached hydrogen (secondary N) is 1. The molecule has 1 fully saturated rings. The molecule has 0 radical (unpaired) electrons. The molecule has 19 heavy (non-hydrogen) atoms. The maximum absolute atomic E-state index is 5.45. The van der Waals surface area contributed by atoms with Gasteiger partial charge in [-0.2, -0.15) is 0 Å². The number of aromatic nitrogens is 1. The van der Waals surface area contributed by atoms with Crippen LogP contribution in [0.25, 0.3) is 0 Å². The number of hydrogen-bond donors (Lipinski definition) is 1. The monoisotopic (exact) mass is 263 g/mol. The summed E-state index contributed by atoms with van der Waals surface area (Å²) in [5.41, 5.74) is 1.29. The van der Waals surface area contributed by atoms with Gasteiger partial charge in [-0.25, -0.2) is 0 Å². The third-order valence-electron chi connectivity index (χ3n) is 3.62. The smallest absolute Gasteiger partial charge is 0.0616 e. The van der Waals surface area contributed by atoms with Crippen molar-refractivity contribution in [3.8, 4) is 0 Å². The molecule has 4 heteroatoms. The highest BCUT2D eigenvalue weighted by molar-refractivity contribution is 5.44. The van der Waals surface area contributed by atoms with Gasteiger partial charge in [0.15, 0.2) is 0 Å². The van der Waals surface area contributed by atoms with Crippen molar-refractivity contribution in [1.29, 1.82) is 0 Å². The molecule has 0 aliphatic carbocycles. The third kappa shape index (κ3) is 4.48. The second kappa shape index (κ2) is 7.46. The summed E-state index contributed by atoms with van der Waals surface area (Å²) < 4.78 is 5.45. The highest BCUT2D eigenvalue weighted by Gasteiger charge is 2.20. The van der Waals surface area contributed by atoms with Gasteiger partial charge in [-0.05, 0) is 38.8 Å². The fourth-order valence-corrected chi connectivity index (χ4v) is 2.60. The Bertz CT molecular complexity index is 350. The molecule has 1 saturated heterocycles. The van der Waals surface area contributed by atoms with E-state index in [1.165, 1.54) is 18.5 Å². The SMILES string of the molecule is CCOCC(C)NC1CCN(c2ccncc2)CC1. The first-order valence-corrected chi connectivity index (χ1v) is 7.28. The zero-order valence-corrected chi connectivity index (χ0v) is 12.0. The molecule has 0 aromatic carbocycles. The van der Waals surface area contributed by atoms with E-state index in [0.29, 0.717) is 12.1 Å². The molecule has 1 N–H and O–H groups in total. The van der Waals surface area contributed by atoms with Crippen molar-refractivity contribution in [2.24, 2.45) is 0 Å². The summed E-state index contributed by atoms with van der Waals surface area (Å²) in [6.45, 7) is 8.07. The summed E-state index contributed by atoms with van der Waals surface area (Å²) >= 11 is 0. The highest BCUT2D eigenvalue weighted by Crippen LogP contribution is 2.19. The van der Waals surface area contributed by atoms with Gasteiger partial charge in [-0.1, -0.05) is 0 Å². The van der Waals surface area contributed by atoms with E-state index < -0.39 is 0 Å². The number of nitrogens with zero attached hydrogens (tertiary/aromatic N) is 2. The lowest BCUT2D eigenvalue weighted by Gasteiger charge is -2.35. The molecular weight excluding hydrogens is 238 g/mol. The predicted octanol–water partition coefficient (Wildman–Crippen LogP) is 2.06. The van der Waals surface area contributed by atoms with Gasteiger partial charge in [0.25, 0.3) is 0 Å². The second-order valence-electron chi connectivity index (χ2n) is 5.19. The van der Waals surface area contributed by atoms with E-state index in [-0.39, 0.29) is 0 Å². The standard InChI is InChI=1S/C15H25N3O/c1-3-19-12-13(2)17-14-6-10-18(11-7-14)15-4-8-16-9-5-15/h4-5,8-9,13-14,17H,3,6-7,10-12H2,1-2H3. The maximum atomic E-state index is 5.45. The van der Waals surface area contributed by atoms with Crippen LogP contribution in [0.3, 0.4) is 0 Å². The lowest BCUT2D eigenvalue weighted by molar-refractivity contribution is 0.122. The Labute approximate surface area is 116 Å². The zero-order valence-electron chi connectivity index (χ0n) is 12.0. The van der Waals surface area contributed by atoms with Crippen LogP contribution in [-0.4, -0.2) is 43.4 Å². The van der Waals surface area contributed by atoms with Gasteiger partial charge in [0.05, 0.1) is 6.61 Å². The van der Waals surface area contributed by atoms with E-state index in [2.05, 4.69) is 34.3 Å². The number of ether oxygens (including phenoxy) is 1. The Morgan fingerprint density at radius 2 is 2.05 bits per heavy atom. The van der Waals surface area contributed by atoms with Gasteiger partial charge in [0.1, 0.15) is 0 Å². The van der Waals surface area contributed by atoms with Crippen LogP contribution in [0.5, 0.6) is 0 Å². The number of hydrogen-bond acceptors (Lipinski definition) is 4. The van der Waals surface area contributed by atoms with E-state index in [1.54, 1.807) is 0 Å². The molecule has 2 rings (SSSR count). The minimum absolute atomic E-state index is 0.442. The van der Waals surface area contributed by atoms with Crippen molar-refractivity contribution in [1.82, 2.24) is 10.3 Å². The van der Waals surface area contributed by atoms with Crippen LogP contribution in [0, 0.1) is 0 Å².